The summed E-state index contributed by atoms with van der Waals surface area (Å²) >= 11 is 0. The van der Waals surface area contributed by atoms with Gasteiger partial charge < -0.3 is 4.42 Å². The Morgan fingerprint density at radius 1 is 0.566 bits per heavy atom. The van der Waals surface area contributed by atoms with E-state index in [1.807, 2.05) is 36.4 Å². The average Bonchev–Trinajstić information content (AvgIpc) is 3.76. The third-order valence-corrected chi connectivity index (χ3v) is 11.0. The van der Waals surface area contributed by atoms with Crippen molar-refractivity contribution in [2.75, 3.05) is 0 Å². The van der Waals surface area contributed by atoms with Gasteiger partial charge in [0.15, 0.2) is 0 Å². The van der Waals surface area contributed by atoms with Crippen molar-refractivity contribution in [2.24, 2.45) is 0 Å². The Morgan fingerprint density at radius 3 is 1.98 bits per heavy atom. The van der Waals surface area contributed by atoms with Crippen molar-refractivity contribution in [1.82, 2.24) is 9.55 Å². The van der Waals surface area contributed by atoms with Crippen LogP contribution < -0.4 is 0 Å². The fourth-order valence-corrected chi connectivity index (χ4v) is 8.39. The van der Waals surface area contributed by atoms with Crippen molar-refractivity contribution in [1.29, 1.82) is 0 Å². The Labute approximate surface area is 313 Å². The second kappa shape index (κ2) is 11.9. The van der Waals surface area contributed by atoms with Crippen molar-refractivity contribution in [2.45, 2.75) is 46.4 Å². The molecule has 0 aliphatic heterocycles. The molecule has 10 rings (SSSR count). The van der Waals surface area contributed by atoms with E-state index in [4.69, 9.17) is 13.5 Å². The Balaban J connectivity index is 1.37. The van der Waals surface area contributed by atoms with Gasteiger partial charge >= 0.3 is 0 Å². The average molecular weight is 688 g/mol. The van der Waals surface area contributed by atoms with Gasteiger partial charge in [0.1, 0.15) is 17.0 Å². The van der Waals surface area contributed by atoms with E-state index in [0.29, 0.717) is 27.8 Å². The first-order valence-corrected chi connectivity index (χ1v) is 18.5. The molecule has 53 heavy (non-hydrogen) atoms. The second-order valence-electron chi connectivity index (χ2n) is 14.9. The number of imidazole rings is 1. The highest BCUT2D eigenvalue weighted by Gasteiger charge is 2.27. The van der Waals surface area contributed by atoms with Gasteiger partial charge in [0.2, 0.25) is 0 Å². The molecule has 0 fully saturated rings. The summed E-state index contributed by atoms with van der Waals surface area (Å²) in [7, 11) is 0. The monoisotopic (exact) mass is 687 g/mol. The van der Waals surface area contributed by atoms with Gasteiger partial charge in [0, 0.05) is 14.9 Å². The van der Waals surface area contributed by atoms with Crippen LogP contribution in [0.2, 0.25) is 0 Å². The van der Waals surface area contributed by atoms with E-state index in [9.17, 15) is 0 Å². The van der Waals surface area contributed by atoms with Gasteiger partial charge in [0.25, 0.3) is 0 Å². The topological polar surface area (TPSA) is 31.0 Å². The maximum absolute atomic E-state index is 9.04. The summed E-state index contributed by atoms with van der Waals surface area (Å²) in [5.74, 6) is 0.867. The molecule has 0 unspecified atom stereocenters. The summed E-state index contributed by atoms with van der Waals surface area (Å²) in [5, 5.41) is 8.20. The molecule has 0 aliphatic rings. The molecular weight excluding hydrogens is 645 g/mol. The largest absolute Gasteiger partial charge is 0.455 e. The molecule has 8 aromatic carbocycles. The maximum Gasteiger partial charge on any atom is 0.149 e. The van der Waals surface area contributed by atoms with Crippen LogP contribution in [0, 0.1) is 6.85 Å². The number of benzene rings is 8. The first-order chi connectivity index (χ1) is 27.1. The van der Waals surface area contributed by atoms with Crippen LogP contribution >= 0.6 is 0 Å². The molecule has 0 saturated carbocycles. The van der Waals surface area contributed by atoms with Gasteiger partial charge in [-0.05, 0) is 115 Å². The van der Waals surface area contributed by atoms with Gasteiger partial charge in [0.05, 0.1) is 22.3 Å². The first kappa shape index (κ1) is 28.4. The van der Waals surface area contributed by atoms with Crippen LogP contribution in [-0.4, -0.2) is 9.55 Å². The number of rotatable bonds is 5. The third-order valence-electron chi connectivity index (χ3n) is 11.0. The minimum atomic E-state index is -2.43. The third kappa shape index (κ3) is 4.84. The number of hydrogen-bond donors (Lipinski definition) is 0. The molecule has 3 nitrogen and oxygen atoms in total. The van der Waals surface area contributed by atoms with Crippen molar-refractivity contribution >= 4 is 65.3 Å². The Kier molecular flexibility index (Phi) is 6.39. The molecule has 0 aliphatic carbocycles. The second-order valence-corrected chi connectivity index (χ2v) is 14.9. The van der Waals surface area contributed by atoms with Crippen molar-refractivity contribution in [3.63, 3.8) is 0 Å². The molecule has 0 atom stereocenters. The van der Waals surface area contributed by atoms with Crippen molar-refractivity contribution in [3.05, 3.63) is 156 Å². The summed E-state index contributed by atoms with van der Waals surface area (Å²) in [6, 6.07) is 48.3. The van der Waals surface area contributed by atoms with Crippen LogP contribution in [0.15, 0.2) is 144 Å². The molecule has 0 bridgehead atoms. The quantitative estimate of drug-likeness (QED) is 0.169. The molecule has 0 N–H and O–H groups in total. The van der Waals surface area contributed by atoms with Crippen molar-refractivity contribution in [3.8, 4) is 28.2 Å². The zero-order chi connectivity index (χ0) is 38.5. The van der Waals surface area contributed by atoms with E-state index >= 15 is 0 Å². The van der Waals surface area contributed by atoms with Gasteiger partial charge in [-0.25, -0.2) is 4.98 Å². The van der Waals surface area contributed by atoms with Gasteiger partial charge in [-0.2, -0.15) is 0 Å². The highest BCUT2D eigenvalue weighted by Crippen LogP contribution is 2.44. The van der Waals surface area contributed by atoms with Gasteiger partial charge in [-0.3, -0.25) is 4.57 Å². The fourth-order valence-electron chi connectivity index (χ4n) is 8.39. The van der Waals surface area contributed by atoms with E-state index in [1.165, 1.54) is 10.8 Å². The minimum absolute atomic E-state index is 0.109. The van der Waals surface area contributed by atoms with Gasteiger partial charge in [-0.1, -0.05) is 131 Å². The molecule has 0 amide bonds. The van der Waals surface area contributed by atoms with Gasteiger partial charge in [-0.15, -0.1) is 0 Å². The summed E-state index contributed by atoms with van der Waals surface area (Å²) in [4.78, 5) is 5.43. The maximum atomic E-state index is 9.04. The normalized spacial score (nSPS) is 13.3. The smallest absolute Gasteiger partial charge is 0.149 e. The highest BCUT2D eigenvalue weighted by molar-refractivity contribution is 6.17. The van der Waals surface area contributed by atoms with E-state index in [-0.39, 0.29) is 11.8 Å². The number of aryl methyl sites for hydroxylation is 1. The predicted molar refractivity (Wildman–Crippen MR) is 225 cm³/mol. The molecular formula is C50H40N2O. The number of furan rings is 1. The van der Waals surface area contributed by atoms with E-state index in [2.05, 4.69) is 135 Å². The Hall–Kier alpha value is -6.19. The number of aromatic nitrogens is 2. The molecule has 3 heteroatoms. The molecule has 256 valence electrons. The SMILES string of the molecule is [2H]C([2H])([2H])c1c2ccccc2cc2nc(-c3cccc4c3oc3cc5c(ccc6ccccc65)cc34)n(-c3c(C(C)C)cc(-c4ccccc4)cc3C(C)C)c12. The molecule has 2 heterocycles. The lowest BCUT2D eigenvalue weighted by Gasteiger charge is -2.25. The summed E-state index contributed by atoms with van der Waals surface area (Å²) < 4.78 is 36.2. The summed E-state index contributed by atoms with van der Waals surface area (Å²) in [5.41, 5.74) is 9.34. The number of fused-ring (bicyclic) bond motifs is 8. The lowest BCUT2D eigenvalue weighted by Crippen LogP contribution is -2.10. The van der Waals surface area contributed by atoms with E-state index < -0.39 is 6.85 Å². The molecule has 0 spiro atoms. The standard InChI is InChI=1S/C50H40N2O/c1-29(2)41-25-36(32-14-7-6-8-15-32)26-42(30(3)4)48(41)52-47-31(5)37-18-11-10-17-34(37)27-45(47)51-50(52)40-21-13-20-39-44-24-35-23-22-33-16-9-12-19-38(33)43(35)28-46(44)53-49(39)40/h6-30H,1-5H3/i5D3. The zero-order valence-electron chi connectivity index (χ0n) is 33.2. The van der Waals surface area contributed by atoms with Crippen LogP contribution in [-0.2, 0) is 0 Å². The summed E-state index contributed by atoms with van der Waals surface area (Å²) in [6.45, 7) is 6.42. The molecule has 0 radical (unpaired) electrons. The van der Waals surface area contributed by atoms with Crippen LogP contribution in [0.4, 0.5) is 0 Å². The zero-order valence-corrected chi connectivity index (χ0v) is 30.2. The summed E-state index contributed by atoms with van der Waals surface area (Å²) in [6.07, 6.45) is 0. The minimum Gasteiger partial charge on any atom is -0.455 e. The first-order valence-electron chi connectivity index (χ1n) is 20.0. The van der Waals surface area contributed by atoms with Crippen LogP contribution in [0.25, 0.3) is 93.5 Å². The molecule has 0 saturated heterocycles. The van der Waals surface area contributed by atoms with Crippen LogP contribution in [0.1, 0.15) is 60.3 Å². The van der Waals surface area contributed by atoms with Crippen LogP contribution in [0.5, 0.6) is 0 Å². The number of para-hydroxylation sites is 1. The number of nitrogens with zero attached hydrogens (tertiary/aromatic N) is 2. The fraction of sp³-hybridized carbons (Fsp3) is 0.140. The predicted octanol–water partition coefficient (Wildman–Crippen LogP) is 14.3. The lowest BCUT2D eigenvalue weighted by molar-refractivity contribution is 0.670. The molecule has 2 aromatic heterocycles. The Morgan fingerprint density at radius 2 is 1.23 bits per heavy atom. The van der Waals surface area contributed by atoms with Crippen molar-refractivity contribution < 1.29 is 8.53 Å². The van der Waals surface area contributed by atoms with E-state index in [1.54, 1.807) is 0 Å². The van der Waals surface area contributed by atoms with E-state index in [0.717, 1.165) is 71.6 Å². The molecule has 10 aromatic rings. The Bertz CT molecular complexity index is 3160. The highest BCUT2D eigenvalue weighted by atomic mass is 16.3. The van der Waals surface area contributed by atoms with Crippen LogP contribution in [0.3, 0.4) is 0 Å². The number of hydrogen-bond acceptors (Lipinski definition) is 2. The lowest BCUT2D eigenvalue weighted by atomic mass is 9.88.